The number of nitrogens with zero attached hydrogens (tertiary/aromatic N) is 2. The summed E-state index contributed by atoms with van der Waals surface area (Å²) in [5.74, 6) is -3.11. The number of hydrogen-bond acceptors (Lipinski definition) is 10. The fourth-order valence-electron chi connectivity index (χ4n) is 8.85. The van der Waals surface area contributed by atoms with Gasteiger partial charge < -0.3 is 26.0 Å². The van der Waals surface area contributed by atoms with E-state index < -0.39 is 63.3 Å². The van der Waals surface area contributed by atoms with Crippen molar-refractivity contribution in [3.05, 3.63) is 76.9 Å². The topological polar surface area (TPSA) is 179 Å². The highest BCUT2D eigenvalue weighted by atomic mass is 16.3. The minimum atomic E-state index is -2.88. The molecule has 11 heteroatoms. The zero-order valence-corrected chi connectivity index (χ0v) is 28.7. The van der Waals surface area contributed by atoms with E-state index in [0.29, 0.717) is 33.5 Å². The van der Waals surface area contributed by atoms with E-state index in [1.807, 2.05) is 4.90 Å². The molecule has 0 bridgehead atoms. The van der Waals surface area contributed by atoms with Crippen LogP contribution in [0.25, 0.3) is 11.1 Å². The van der Waals surface area contributed by atoms with Crippen molar-refractivity contribution >= 4 is 34.7 Å². The summed E-state index contributed by atoms with van der Waals surface area (Å²) in [4.78, 5) is 72.5. The maximum absolute atomic E-state index is 14.6. The predicted octanol–water partition coefficient (Wildman–Crippen LogP) is 2.49. The van der Waals surface area contributed by atoms with Crippen LogP contribution in [0.2, 0.25) is 0 Å². The van der Waals surface area contributed by atoms with Crippen molar-refractivity contribution in [2.45, 2.75) is 38.3 Å². The molecule has 5 N–H and O–H groups in total. The molecule has 0 spiro atoms. The molecule has 2 unspecified atom stereocenters. The predicted molar refractivity (Wildman–Crippen MR) is 184 cm³/mol. The Bertz CT molecular complexity index is 2080. The first-order valence-electron chi connectivity index (χ1n) is 16.2. The average molecular weight is 678 g/mol. The van der Waals surface area contributed by atoms with Gasteiger partial charge in [0.05, 0.1) is 17.5 Å². The molecule has 6 rings (SSSR count). The zero-order chi connectivity index (χ0) is 36.7. The fourth-order valence-corrected chi connectivity index (χ4v) is 8.85. The number of nitrogens with two attached hydrogens (primary N) is 1. The van der Waals surface area contributed by atoms with Gasteiger partial charge in [0.15, 0.2) is 34.7 Å². The molecule has 2 fully saturated rings. The summed E-state index contributed by atoms with van der Waals surface area (Å²) in [7, 11) is 6.71. The van der Waals surface area contributed by atoms with E-state index in [-0.39, 0.29) is 29.9 Å². The van der Waals surface area contributed by atoms with Crippen LogP contribution in [0, 0.1) is 34.5 Å². The second kappa shape index (κ2) is 11.6. The van der Waals surface area contributed by atoms with Crippen LogP contribution < -0.4 is 10.6 Å². The molecule has 0 aromatic heterocycles. The molecule has 3 aromatic carbocycles. The maximum Gasteiger partial charge on any atom is 0.235 e. The highest BCUT2D eigenvalue weighted by Gasteiger charge is 2.76. The normalized spacial score (nSPS) is 28.7. The number of carbonyl (C=O) groups excluding carboxylic acids is 5. The highest BCUT2D eigenvalue weighted by molar-refractivity contribution is 6.33. The minimum absolute atomic E-state index is 0.0862. The number of likely N-dealkylation sites (N-methyl/N-ethyl adjacent to an activating group) is 1. The number of rotatable bonds is 4. The summed E-state index contributed by atoms with van der Waals surface area (Å²) < 4.78 is 0. The van der Waals surface area contributed by atoms with Crippen LogP contribution in [-0.2, 0) is 25.6 Å². The Labute approximate surface area is 289 Å². The highest BCUT2D eigenvalue weighted by Crippen LogP contribution is 2.62. The van der Waals surface area contributed by atoms with Gasteiger partial charge in [-0.2, -0.15) is 0 Å². The molecule has 3 aromatic rings. The Morgan fingerprint density at radius 2 is 1.54 bits per heavy atom. The van der Waals surface area contributed by atoms with Crippen LogP contribution in [0.5, 0.6) is 11.5 Å². The number of amides is 1. The van der Waals surface area contributed by atoms with Gasteiger partial charge in [0.2, 0.25) is 5.91 Å². The Morgan fingerprint density at radius 1 is 0.900 bits per heavy atom. The molecule has 0 heterocycles. The van der Waals surface area contributed by atoms with Crippen molar-refractivity contribution in [1.29, 1.82) is 0 Å². The van der Waals surface area contributed by atoms with Gasteiger partial charge in [-0.1, -0.05) is 43.9 Å². The van der Waals surface area contributed by atoms with E-state index in [4.69, 9.17) is 5.73 Å². The van der Waals surface area contributed by atoms with Crippen LogP contribution in [0.4, 0.5) is 5.69 Å². The SMILES string of the molecule is CN(C)c1cc(-c2ccc(C#Cc3cccc(O)c3)cc2)c(O)c2c1C[C@@]1(C)C[C@@]3(C)[C@H](N(C)C)C(=O)C(C(N)=O)C(=O)[C@@]3(O)C(=O)C1C2=O. The summed E-state index contributed by atoms with van der Waals surface area (Å²) in [6.07, 6.45) is 0.0211. The van der Waals surface area contributed by atoms with Gasteiger partial charge in [-0.05, 0) is 79.9 Å². The van der Waals surface area contributed by atoms with Gasteiger partial charge in [0, 0.05) is 41.9 Å². The molecule has 0 radical (unpaired) electrons. The van der Waals surface area contributed by atoms with Crippen molar-refractivity contribution in [1.82, 2.24) is 4.90 Å². The van der Waals surface area contributed by atoms with Gasteiger partial charge in [-0.3, -0.25) is 28.9 Å². The molecular weight excluding hydrogens is 638 g/mol. The van der Waals surface area contributed by atoms with Gasteiger partial charge >= 0.3 is 0 Å². The lowest BCUT2D eigenvalue weighted by molar-refractivity contribution is -0.203. The zero-order valence-electron chi connectivity index (χ0n) is 28.7. The molecular formula is C39H39N3O8. The summed E-state index contributed by atoms with van der Waals surface area (Å²) in [5, 5.41) is 33.7. The largest absolute Gasteiger partial charge is 0.508 e. The first-order valence-corrected chi connectivity index (χ1v) is 16.2. The molecule has 0 aliphatic heterocycles. The monoisotopic (exact) mass is 677 g/mol. The molecule has 3 aliphatic rings. The second-order valence-corrected chi connectivity index (χ2v) is 14.7. The van der Waals surface area contributed by atoms with Gasteiger partial charge in [0.1, 0.15) is 11.5 Å². The maximum atomic E-state index is 14.6. The number of fused-ring (bicyclic) bond motifs is 3. The molecule has 258 valence electrons. The lowest BCUT2D eigenvalue weighted by atomic mass is 9.42. The lowest BCUT2D eigenvalue weighted by Crippen LogP contribution is -2.79. The second-order valence-electron chi connectivity index (χ2n) is 14.7. The summed E-state index contributed by atoms with van der Waals surface area (Å²) in [6, 6.07) is 14.1. The quantitative estimate of drug-likeness (QED) is 0.237. The molecule has 3 aliphatic carbocycles. The van der Waals surface area contributed by atoms with Crippen molar-refractivity contribution in [2.75, 3.05) is 33.1 Å². The van der Waals surface area contributed by atoms with Crippen LogP contribution in [0.1, 0.15) is 47.3 Å². The Hall–Kier alpha value is -5.31. The van der Waals surface area contributed by atoms with E-state index in [9.17, 15) is 39.3 Å². The standard InChI is InChI=1S/C39H39N3O8/c1-37-18-25-26(41(3)4)17-24(22-14-12-20(13-15-22)10-11-21-8-7-9-23(43)16-21)30(44)27(25)31(45)29(37)35(48)39(50)34(47)28(36(40)49)32(46)33(42(5)6)38(39,2)19-37/h7-9,12-17,28-29,33,43-44,50H,18-19H2,1-6H3,(H2,40,49)/t28?,29?,33-,37+,38+,39-/m1/s1. The molecule has 1 amide bonds. The number of hydrogen-bond donors (Lipinski definition) is 4. The lowest BCUT2D eigenvalue weighted by Gasteiger charge is -2.61. The van der Waals surface area contributed by atoms with Gasteiger partial charge in [-0.25, -0.2) is 0 Å². The number of primary amides is 1. The molecule has 6 atom stereocenters. The van der Waals surface area contributed by atoms with Crippen molar-refractivity contribution < 1.29 is 39.3 Å². The number of phenolic OH excluding ortho intramolecular Hbond substituents is 2. The third kappa shape index (κ3) is 4.85. The van der Waals surface area contributed by atoms with Crippen LogP contribution in [0.15, 0.2) is 54.6 Å². The van der Waals surface area contributed by atoms with Gasteiger partial charge in [-0.15, -0.1) is 0 Å². The number of Topliss-reactive ketones (excluding diaryl/α,β-unsaturated/α-hetero) is 4. The van der Waals surface area contributed by atoms with Crippen molar-refractivity contribution in [3.8, 4) is 34.5 Å². The smallest absolute Gasteiger partial charge is 0.235 e. The number of aliphatic hydroxyl groups is 1. The minimum Gasteiger partial charge on any atom is -0.508 e. The molecule has 2 saturated carbocycles. The Kier molecular flexibility index (Phi) is 8.05. The first-order chi connectivity index (χ1) is 23.4. The molecule has 0 saturated heterocycles. The summed E-state index contributed by atoms with van der Waals surface area (Å²) >= 11 is 0. The van der Waals surface area contributed by atoms with E-state index in [0.717, 1.165) is 0 Å². The average Bonchev–Trinajstić information content (AvgIpc) is 3.01. The Morgan fingerprint density at radius 3 is 2.12 bits per heavy atom. The third-order valence-corrected chi connectivity index (χ3v) is 10.8. The van der Waals surface area contributed by atoms with E-state index in [1.165, 1.54) is 11.8 Å². The van der Waals surface area contributed by atoms with Crippen LogP contribution >= 0.6 is 0 Å². The third-order valence-electron chi connectivity index (χ3n) is 10.8. The molecule has 11 nitrogen and oxygen atoms in total. The van der Waals surface area contributed by atoms with E-state index >= 15 is 0 Å². The van der Waals surface area contributed by atoms with E-state index in [1.54, 1.807) is 89.7 Å². The summed E-state index contributed by atoms with van der Waals surface area (Å²) in [6.45, 7) is 3.21. The van der Waals surface area contributed by atoms with Gasteiger partial charge in [0.25, 0.3) is 0 Å². The van der Waals surface area contributed by atoms with Crippen LogP contribution in [-0.4, -0.2) is 89.1 Å². The van der Waals surface area contributed by atoms with Crippen LogP contribution in [0.3, 0.4) is 0 Å². The number of carbonyl (C=O) groups is 5. The number of ketones is 4. The number of phenols is 2. The fraction of sp³-hybridized carbons (Fsp3) is 0.359. The first kappa shape index (κ1) is 34.5. The van der Waals surface area contributed by atoms with E-state index in [2.05, 4.69) is 11.8 Å². The van der Waals surface area contributed by atoms with Crippen molar-refractivity contribution in [3.63, 3.8) is 0 Å². The number of benzene rings is 3. The molecule has 50 heavy (non-hydrogen) atoms. The summed E-state index contributed by atoms with van der Waals surface area (Å²) in [5.41, 5.74) is 2.95. The Balaban J connectivity index is 1.47. The van der Waals surface area contributed by atoms with Crippen molar-refractivity contribution in [2.24, 2.45) is 28.4 Å². The number of anilines is 1. The number of aromatic hydroxyl groups is 2.